The lowest BCUT2D eigenvalue weighted by Crippen LogP contribution is -2.25. The first kappa shape index (κ1) is 19.5. The van der Waals surface area contributed by atoms with E-state index >= 15 is 0 Å². The van der Waals surface area contributed by atoms with Gasteiger partial charge in [0.05, 0.1) is 0 Å². The van der Waals surface area contributed by atoms with Crippen LogP contribution in [0.25, 0.3) is 10.9 Å². The fourth-order valence-corrected chi connectivity index (χ4v) is 4.23. The zero-order chi connectivity index (χ0) is 21.6. The summed E-state index contributed by atoms with van der Waals surface area (Å²) >= 11 is 0. The molecule has 0 saturated carbocycles. The van der Waals surface area contributed by atoms with Crippen LogP contribution >= 0.6 is 0 Å². The highest BCUT2D eigenvalue weighted by molar-refractivity contribution is 5.87. The lowest BCUT2D eigenvalue weighted by Gasteiger charge is -2.20. The van der Waals surface area contributed by atoms with Crippen LogP contribution in [0.15, 0.2) is 55.0 Å². The Morgan fingerprint density at radius 1 is 1.16 bits per heavy atom. The second kappa shape index (κ2) is 7.35. The minimum atomic E-state index is -0.0451. The maximum absolute atomic E-state index is 4.89. The average Bonchev–Trinajstić information content (AvgIpc) is 3.26. The summed E-state index contributed by atoms with van der Waals surface area (Å²) in [6.07, 6.45) is 5.84. The number of anilines is 4. The van der Waals surface area contributed by atoms with Crippen molar-refractivity contribution < 1.29 is 0 Å². The van der Waals surface area contributed by atoms with E-state index < -0.39 is 0 Å². The highest BCUT2D eigenvalue weighted by Crippen LogP contribution is 2.42. The molecule has 0 saturated heterocycles. The second-order valence-electron chi connectivity index (χ2n) is 9.03. The molecule has 0 bridgehead atoms. The van der Waals surface area contributed by atoms with Crippen LogP contribution in [0.2, 0.25) is 0 Å². The third kappa shape index (κ3) is 3.61. The van der Waals surface area contributed by atoms with Gasteiger partial charge in [-0.05, 0) is 50.0 Å². The smallest absolute Gasteiger partial charge is 0.229 e. The molecule has 2 N–H and O–H groups in total. The predicted molar refractivity (Wildman–Crippen MR) is 125 cm³/mol. The third-order valence-corrected chi connectivity index (χ3v) is 5.74. The van der Waals surface area contributed by atoms with E-state index in [9.17, 15) is 0 Å². The number of hydrogen-bond donors (Lipinski definition) is 2. The summed E-state index contributed by atoms with van der Waals surface area (Å²) in [4.78, 5) is 21.7. The molecular formula is C24H27N7. The van der Waals surface area contributed by atoms with Crippen LogP contribution in [0, 0.1) is 0 Å². The largest absolute Gasteiger partial charge is 0.361 e. The average molecular weight is 414 g/mol. The number of fused-ring (bicyclic) bond motifs is 2. The summed E-state index contributed by atoms with van der Waals surface area (Å²) in [5, 5.41) is 4.60. The van der Waals surface area contributed by atoms with Crippen molar-refractivity contribution in [2.24, 2.45) is 0 Å². The second-order valence-corrected chi connectivity index (χ2v) is 9.03. The van der Waals surface area contributed by atoms with Gasteiger partial charge in [0.2, 0.25) is 5.95 Å². The number of H-pyrrole nitrogens is 1. The first-order valence-corrected chi connectivity index (χ1v) is 10.5. The highest BCUT2D eigenvalue weighted by atomic mass is 15.3. The van der Waals surface area contributed by atoms with Crippen LogP contribution in [-0.4, -0.2) is 45.5 Å². The molecule has 1 aromatic carbocycles. The van der Waals surface area contributed by atoms with Crippen LogP contribution in [0.4, 0.5) is 23.3 Å². The van der Waals surface area contributed by atoms with E-state index in [1.807, 2.05) is 30.6 Å². The van der Waals surface area contributed by atoms with Gasteiger partial charge in [-0.15, -0.1) is 0 Å². The van der Waals surface area contributed by atoms with Crippen molar-refractivity contribution >= 4 is 34.2 Å². The zero-order valence-corrected chi connectivity index (χ0v) is 18.3. The molecule has 1 aliphatic heterocycles. The van der Waals surface area contributed by atoms with Gasteiger partial charge >= 0.3 is 0 Å². The SMILES string of the molecule is CN(C)Cc1c[nH]c2ccc(Nc3ncc4c(n3)N(c3ccccn3)CC4(C)C)cc12. The van der Waals surface area contributed by atoms with Crippen LogP contribution < -0.4 is 10.2 Å². The molecule has 0 unspecified atom stereocenters. The minimum absolute atomic E-state index is 0.0451. The van der Waals surface area contributed by atoms with Crippen LogP contribution in [-0.2, 0) is 12.0 Å². The number of nitrogens with one attached hydrogen (secondary N) is 2. The number of benzene rings is 1. The standard InChI is InChI=1S/C24H27N7/c1-24(2)15-31(21-7-5-6-10-25-21)22-19(24)13-27-23(29-22)28-17-8-9-20-18(11-17)16(12-26-20)14-30(3)4/h5-13,26H,14-15H2,1-4H3,(H,27,28,29). The van der Waals surface area contributed by atoms with Crippen LogP contribution in [0.5, 0.6) is 0 Å². The Hall–Kier alpha value is -3.45. The number of aromatic nitrogens is 4. The van der Waals surface area contributed by atoms with Gasteiger partial charge in [-0.25, -0.2) is 9.97 Å². The molecule has 4 heterocycles. The van der Waals surface area contributed by atoms with E-state index in [0.717, 1.165) is 41.5 Å². The van der Waals surface area contributed by atoms with E-state index in [2.05, 4.69) is 82.4 Å². The summed E-state index contributed by atoms with van der Waals surface area (Å²) in [6, 6.07) is 12.3. The Bertz CT molecular complexity index is 1230. The number of nitrogens with zero attached hydrogens (tertiary/aromatic N) is 5. The van der Waals surface area contributed by atoms with Crippen molar-refractivity contribution in [1.82, 2.24) is 24.8 Å². The third-order valence-electron chi connectivity index (χ3n) is 5.74. The molecule has 31 heavy (non-hydrogen) atoms. The topological polar surface area (TPSA) is 73.0 Å². The summed E-state index contributed by atoms with van der Waals surface area (Å²) in [6.45, 7) is 6.14. The van der Waals surface area contributed by atoms with E-state index in [-0.39, 0.29) is 5.41 Å². The van der Waals surface area contributed by atoms with Crippen molar-refractivity contribution in [1.29, 1.82) is 0 Å². The number of pyridine rings is 1. The molecule has 1 aliphatic rings. The number of hydrogen-bond acceptors (Lipinski definition) is 6. The van der Waals surface area contributed by atoms with Gasteiger partial charge in [-0.2, -0.15) is 4.98 Å². The highest BCUT2D eigenvalue weighted by Gasteiger charge is 2.38. The normalized spacial score (nSPS) is 14.9. The van der Waals surface area contributed by atoms with E-state index in [0.29, 0.717) is 5.95 Å². The summed E-state index contributed by atoms with van der Waals surface area (Å²) in [5.74, 6) is 2.40. The Balaban J connectivity index is 1.49. The van der Waals surface area contributed by atoms with Crippen LogP contribution in [0.1, 0.15) is 25.0 Å². The molecule has 0 spiro atoms. The quantitative estimate of drug-likeness (QED) is 0.499. The van der Waals surface area contributed by atoms with E-state index in [1.165, 1.54) is 10.9 Å². The number of rotatable bonds is 5. The molecule has 3 aromatic heterocycles. The summed E-state index contributed by atoms with van der Waals surface area (Å²) in [7, 11) is 4.16. The maximum atomic E-state index is 4.89. The van der Waals surface area contributed by atoms with Crippen molar-refractivity contribution in [3.63, 3.8) is 0 Å². The Morgan fingerprint density at radius 3 is 2.81 bits per heavy atom. The molecular weight excluding hydrogens is 386 g/mol. The maximum Gasteiger partial charge on any atom is 0.229 e. The Kier molecular flexibility index (Phi) is 4.63. The minimum Gasteiger partial charge on any atom is -0.361 e. The molecule has 158 valence electrons. The van der Waals surface area contributed by atoms with Gasteiger partial charge in [0.15, 0.2) is 0 Å². The van der Waals surface area contributed by atoms with Gasteiger partial charge in [0, 0.05) is 59.2 Å². The first-order valence-electron chi connectivity index (χ1n) is 10.5. The molecule has 7 heteroatoms. The summed E-state index contributed by atoms with van der Waals surface area (Å²) in [5.41, 5.74) is 4.45. The monoisotopic (exact) mass is 413 g/mol. The summed E-state index contributed by atoms with van der Waals surface area (Å²) < 4.78 is 0. The van der Waals surface area contributed by atoms with Crippen molar-refractivity contribution in [3.8, 4) is 0 Å². The van der Waals surface area contributed by atoms with E-state index in [1.54, 1.807) is 0 Å². The molecule has 0 radical (unpaired) electrons. The van der Waals surface area contributed by atoms with Crippen LogP contribution in [0.3, 0.4) is 0 Å². The van der Waals surface area contributed by atoms with Crippen molar-refractivity contribution in [2.45, 2.75) is 25.8 Å². The van der Waals surface area contributed by atoms with Crippen molar-refractivity contribution in [3.05, 3.63) is 66.1 Å². The molecule has 5 rings (SSSR count). The predicted octanol–water partition coefficient (Wildman–Crippen LogP) is 4.59. The molecule has 4 aromatic rings. The van der Waals surface area contributed by atoms with Gasteiger partial charge in [0.1, 0.15) is 11.6 Å². The van der Waals surface area contributed by atoms with Gasteiger partial charge in [0.25, 0.3) is 0 Å². The Labute approximate surface area is 182 Å². The lowest BCUT2D eigenvalue weighted by molar-refractivity contribution is 0.404. The van der Waals surface area contributed by atoms with Gasteiger partial charge in [-0.1, -0.05) is 19.9 Å². The molecule has 7 nitrogen and oxygen atoms in total. The van der Waals surface area contributed by atoms with Gasteiger partial charge < -0.3 is 20.1 Å². The van der Waals surface area contributed by atoms with E-state index in [4.69, 9.17) is 4.98 Å². The number of aromatic amines is 1. The molecule has 0 aliphatic carbocycles. The lowest BCUT2D eigenvalue weighted by atomic mass is 9.89. The first-order chi connectivity index (χ1) is 14.9. The molecule has 0 amide bonds. The fourth-order valence-electron chi connectivity index (χ4n) is 4.23. The molecule has 0 fully saturated rings. The van der Waals surface area contributed by atoms with Crippen molar-refractivity contribution in [2.75, 3.05) is 30.9 Å². The zero-order valence-electron chi connectivity index (χ0n) is 18.3. The molecule has 0 atom stereocenters. The fraction of sp³-hybridized carbons (Fsp3) is 0.292. The Morgan fingerprint density at radius 2 is 2.03 bits per heavy atom. The van der Waals surface area contributed by atoms with Gasteiger partial charge in [-0.3, -0.25) is 0 Å².